The van der Waals surface area contributed by atoms with E-state index in [1.54, 1.807) is 6.92 Å². The summed E-state index contributed by atoms with van der Waals surface area (Å²) in [4.78, 5) is 0. The highest BCUT2D eigenvalue weighted by atomic mass is 16.5. The van der Waals surface area contributed by atoms with Crippen molar-refractivity contribution in [2.24, 2.45) is 0 Å². The van der Waals surface area contributed by atoms with Gasteiger partial charge in [-0.25, -0.2) is 0 Å². The fraction of sp³-hybridized carbons (Fsp3) is 0.176. The summed E-state index contributed by atoms with van der Waals surface area (Å²) in [6, 6.07) is 15.6. The molecule has 2 aromatic rings. The minimum absolute atomic E-state index is 0.444. The van der Waals surface area contributed by atoms with Crippen molar-refractivity contribution >= 4 is 6.08 Å². The van der Waals surface area contributed by atoms with E-state index in [9.17, 15) is 5.11 Å². The van der Waals surface area contributed by atoms with Crippen LogP contribution < -0.4 is 4.74 Å². The first kappa shape index (κ1) is 13.4. The summed E-state index contributed by atoms with van der Waals surface area (Å²) in [6.07, 6.45) is 1.37. The van der Waals surface area contributed by atoms with Gasteiger partial charge in [0.05, 0.1) is 6.10 Å². The van der Waals surface area contributed by atoms with Crippen molar-refractivity contribution in [3.63, 3.8) is 0 Å². The molecule has 2 rings (SSSR count). The summed E-state index contributed by atoms with van der Waals surface area (Å²) in [7, 11) is 0. The number of hydrogen-bond acceptors (Lipinski definition) is 2. The Morgan fingerprint density at radius 3 is 2.26 bits per heavy atom. The standard InChI is InChI=1S/C17H18O2/c1-3-14-4-6-15(7-5-14)12-19-17-10-8-16(9-11-17)13(2)18/h3-11,13,18H,1,12H2,2H3. The summed E-state index contributed by atoms with van der Waals surface area (Å²) in [5, 5.41) is 9.42. The number of rotatable bonds is 5. The van der Waals surface area contributed by atoms with Crippen LogP contribution >= 0.6 is 0 Å². The predicted molar refractivity (Wildman–Crippen MR) is 77.9 cm³/mol. The number of aliphatic hydroxyl groups excluding tert-OH is 1. The first-order chi connectivity index (χ1) is 9.19. The van der Waals surface area contributed by atoms with Gasteiger partial charge in [-0.15, -0.1) is 0 Å². The van der Waals surface area contributed by atoms with E-state index >= 15 is 0 Å². The van der Waals surface area contributed by atoms with Crippen LogP contribution in [0.5, 0.6) is 5.75 Å². The number of ether oxygens (including phenoxy) is 1. The molecule has 98 valence electrons. The minimum Gasteiger partial charge on any atom is -0.489 e. The SMILES string of the molecule is C=Cc1ccc(COc2ccc(C(C)O)cc2)cc1. The van der Waals surface area contributed by atoms with Gasteiger partial charge in [-0.3, -0.25) is 0 Å². The van der Waals surface area contributed by atoms with Crippen LogP contribution in [0, 0.1) is 0 Å². The molecule has 1 unspecified atom stereocenters. The second-order valence-corrected chi connectivity index (χ2v) is 4.48. The van der Waals surface area contributed by atoms with Gasteiger partial charge < -0.3 is 9.84 Å². The molecule has 2 nitrogen and oxygen atoms in total. The topological polar surface area (TPSA) is 29.5 Å². The molecule has 0 aliphatic rings. The lowest BCUT2D eigenvalue weighted by molar-refractivity contribution is 0.199. The van der Waals surface area contributed by atoms with E-state index < -0.39 is 6.10 Å². The van der Waals surface area contributed by atoms with Crippen LogP contribution in [0.2, 0.25) is 0 Å². The Labute approximate surface area is 114 Å². The molecule has 0 saturated heterocycles. The third-order valence-electron chi connectivity index (χ3n) is 2.98. The average Bonchev–Trinajstić information content (AvgIpc) is 2.46. The lowest BCUT2D eigenvalue weighted by Gasteiger charge is -2.09. The molecule has 0 aromatic heterocycles. The average molecular weight is 254 g/mol. The molecule has 0 spiro atoms. The van der Waals surface area contributed by atoms with Crippen molar-refractivity contribution in [2.45, 2.75) is 19.6 Å². The first-order valence-electron chi connectivity index (χ1n) is 6.31. The summed E-state index contributed by atoms with van der Waals surface area (Å²) in [5.41, 5.74) is 3.11. The van der Waals surface area contributed by atoms with Crippen molar-refractivity contribution in [1.29, 1.82) is 0 Å². The van der Waals surface area contributed by atoms with E-state index in [0.29, 0.717) is 6.61 Å². The van der Waals surface area contributed by atoms with Gasteiger partial charge in [0.15, 0.2) is 0 Å². The van der Waals surface area contributed by atoms with Crippen LogP contribution in [-0.2, 0) is 6.61 Å². The van der Waals surface area contributed by atoms with Crippen LogP contribution in [0.1, 0.15) is 29.7 Å². The molecule has 2 heteroatoms. The minimum atomic E-state index is -0.444. The Bertz CT molecular complexity index is 524. The normalized spacial score (nSPS) is 11.9. The molecule has 1 atom stereocenters. The van der Waals surface area contributed by atoms with Crippen molar-refractivity contribution < 1.29 is 9.84 Å². The van der Waals surface area contributed by atoms with Crippen molar-refractivity contribution in [3.05, 3.63) is 71.8 Å². The van der Waals surface area contributed by atoms with E-state index in [-0.39, 0.29) is 0 Å². The largest absolute Gasteiger partial charge is 0.489 e. The van der Waals surface area contributed by atoms with Crippen LogP contribution in [-0.4, -0.2) is 5.11 Å². The Balaban J connectivity index is 1.95. The lowest BCUT2D eigenvalue weighted by atomic mass is 10.1. The van der Waals surface area contributed by atoms with Crippen molar-refractivity contribution in [3.8, 4) is 5.75 Å². The van der Waals surface area contributed by atoms with Crippen molar-refractivity contribution in [2.75, 3.05) is 0 Å². The highest BCUT2D eigenvalue weighted by Crippen LogP contribution is 2.18. The lowest BCUT2D eigenvalue weighted by Crippen LogP contribution is -1.96. The van der Waals surface area contributed by atoms with Crippen molar-refractivity contribution in [1.82, 2.24) is 0 Å². The molecule has 0 aliphatic heterocycles. The molecule has 0 radical (unpaired) electrons. The summed E-state index contributed by atoms with van der Waals surface area (Å²) >= 11 is 0. The zero-order chi connectivity index (χ0) is 13.7. The number of aliphatic hydroxyl groups is 1. The monoisotopic (exact) mass is 254 g/mol. The maximum Gasteiger partial charge on any atom is 0.119 e. The van der Waals surface area contributed by atoms with Crippen LogP contribution in [0.25, 0.3) is 6.08 Å². The highest BCUT2D eigenvalue weighted by molar-refractivity contribution is 5.47. The Morgan fingerprint density at radius 1 is 1.11 bits per heavy atom. The quantitative estimate of drug-likeness (QED) is 0.875. The van der Waals surface area contributed by atoms with Crippen LogP contribution in [0.4, 0.5) is 0 Å². The first-order valence-corrected chi connectivity index (χ1v) is 6.31. The van der Waals surface area contributed by atoms with Gasteiger partial charge in [-0.05, 0) is 35.7 Å². The molecular weight excluding hydrogens is 236 g/mol. The molecule has 0 aliphatic carbocycles. The maximum absolute atomic E-state index is 9.42. The third kappa shape index (κ3) is 3.70. The third-order valence-corrected chi connectivity index (χ3v) is 2.98. The fourth-order valence-corrected chi connectivity index (χ4v) is 1.76. The molecule has 19 heavy (non-hydrogen) atoms. The zero-order valence-corrected chi connectivity index (χ0v) is 11.0. The molecular formula is C17H18O2. The van der Waals surface area contributed by atoms with Crippen LogP contribution in [0.3, 0.4) is 0 Å². The Morgan fingerprint density at radius 2 is 1.74 bits per heavy atom. The Kier molecular flexibility index (Phi) is 4.37. The zero-order valence-electron chi connectivity index (χ0n) is 11.0. The van der Waals surface area contributed by atoms with Gasteiger partial charge in [0.25, 0.3) is 0 Å². The molecule has 0 fully saturated rings. The van der Waals surface area contributed by atoms with Gasteiger partial charge in [-0.1, -0.05) is 49.1 Å². The van der Waals surface area contributed by atoms with E-state index in [0.717, 1.165) is 22.4 Å². The molecule has 0 heterocycles. The Hall–Kier alpha value is -2.06. The predicted octanol–water partition coefficient (Wildman–Crippen LogP) is 3.96. The summed E-state index contributed by atoms with van der Waals surface area (Å²) < 4.78 is 5.69. The summed E-state index contributed by atoms with van der Waals surface area (Å²) in [5.74, 6) is 0.803. The second-order valence-electron chi connectivity index (χ2n) is 4.48. The van der Waals surface area contributed by atoms with E-state index in [1.807, 2.05) is 54.6 Å². The maximum atomic E-state index is 9.42. The van der Waals surface area contributed by atoms with Crippen LogP contribution in [0.15, 0.2) is 55.1 Å². The van der Waals surface area contributed by atoms with Gasteiger partial charge in [0.1, 0.15) is 12.4 Å². The molecule has 2 aromatic carbocycles. The van der Waals surface area contributed by atoms with Gasteiger partial charge in [0.2, 0.25) is 0 Å². The summed E-state index contributed by atoms with van der Waals surface area (Å²) in [6.45, 7) is 6.01. The highest BCUT2D eigenvalue weighted by Gasteiger charge is 2.01. The number of benzene rings is 2. The van der Waals surface area contributed by atoms with Gasteiger partial charge in [0, 0.05) is 0 Å². The van der Waals surface area contributed by atoms with E-state index in [1.165, 1.54) is 0 Å². The van der Waals surface area contributed by atoms with E-state index in [2.05, 4.69) is 6.58 Å². The molecule has 0 bridgehead atoms. The molecule has 0 amide bonds. The van der Waals surface area contributed by atoms with Gasteiger partial charge in [-0.2, -0.15) is 0 Å². The smallest absolute Gasteiger partial charge is 0.119 e. The van der Waals surface area contributed by atoms with Gasteiger partial charge >= 0.3 is 0 Å². The number of hydrogen-bond donors (Lipinski definition) is 1. The fourth-order valence-electron chi connectivity index (χ4n) is 1.76. The second kappa shape index (κ2) is 6.21. The molecule has 0 saturated carbocycles. The molecule has 1 N–H and O–H groups in total. The van der Waals surface area contributed by atoms with E-state index in [4.69, 9.17) is 4.74 Å².